The highest BCUT2D eigenvalue weighted by molar-refractivity contribution is 6.30. The second-order valence-corrected chi connectivity index (χ2v) is 6.15. The van der Waals surface area contributed by atoms with Crippen molar-refractivity contribution in [2.75, 3.05) is 5.32 Å². The van der Waals surface area contributed by atoms with Gasteiger partial charge in [0, 0.05) is 11.6 Å². The van der Waals surface area contributed by atoms with Crippen molar-refractivity contribution in [3.63, 3.8) is 0 Å². The van der Waals surface area contributed by atoms with Crippen molar-refractivity contribution in [3.05, 3.63) is 17.0 Å². The van der Waals surface area contributed by atoms with E-state index in [0.29, 0.717) is 11.2 Å². The van der Waals surface area contributed by atoms with Gasteiger partial charge in [0.05, 0.1) is 0 Å². The maximum Gasteiger partial charge on any atom is 0.137 e. The second kappa shape index (κ2) is 3.35. The van der Waals surface area contributed by atoms with Crippen LogP contribution in [0.25, 0.3) is 0 Å². The van der Waals surface area contributed by atoms with Gasteiger partial charge in [0.1, 0.15) is 17.3 Å². The number of fused-ring (bicyclic) bond motifs is 5. The van der Waals surface area contributed by atoms with E-state index in [1.54, 1.807) is 6.33 Å². The fraction of sp³-hybridized carbons (Fsp3) is 0.692. The first-order valence-electron chi connectivity index (χ1n) is 6.49. The highest BCUT2D eigenvalue weighted by atomic mass is 35.5. The second-order valence-electron chi connectivity index (χ2n) is 5.80. The van der Waals surface area contributed by atoms with E-state index in [9.17, 15) is 0 Å². The highest BCUT2D eigenvalue weighted by Gasteiger charge is 2.65. The third-order valence-electron chi connectivity index (χ3n) is 5.06. The van der Waals surface area contributed by atoms with E-state index in [1.165, 1.54) is 19.3 Å². The van der Waals surface area contributed by atoms with E-state index in [0.717, 1.165) is 35.1 Å². The number of rotatable bonds is 2. The average Bonchev–Trinajstić information content (AvgIpc) is 2.72. The molecular formula is C13H16ClN3. The van der Waals surface area contributed by atoms with Crippen LogP contribution in [0.4, 0.5) is 5.82 Å². The smallest absolute Gasteiger partial charge is 0.137 e. The minimum absolute atomic E-state index is 0.566. The van der Waals surface area contributed by atoms with Gasteiger partial charge < -0.3 is 5.32 Å². The predicted octanol–water partition coefficient (Wildman–Crippen LogP) is 2.89. The van der Waals surface area contributed by atoms with Gasteiger partial charge in [0.2, 0.25) is 0 Å². The number of halogens is 1. The molecule has 3 aliphatic rings. The van der Waals surface area contributed by atoms with Crippen molar-refractivity contribution < 1.29 is 0 Å². The monoisotopic (exact) mass is 249 g/mol. The Labute approximate surface area is 106 Å². The molecule has 1 aromatic rings. The Kier molecular flexibility index (Phi) is 1.99. The van der Waals surface area contributed by atoms with Crippen molar-refractivity contribution in [2.24, 2.45) is 23.7 Å². The topological polar surface area (TPSA) is 37.8 Å². The summed E-state index contributed by atoms with van der Waals surface area (Å²) >= 11 is 6.02. The Bertz CT molecular complexity index is 460. The molecule has 0 aliphatic heterocycles. The van der Waals surface area contributed by atoms with Gasteiger partial charge in [-0.05, 0) is 49.9 Å². The van der Waals surface area contributed by atoms with Crippen molar-refractivity contribution in [2.45, 2.75) is 32.2 Å². The lowest BCUT2D eigenvalue weighted by atomic mass is 10.0. The normalized spacial score (nSPS) is 41.4. The van der Waals surface area contributed by atoms with Crippen molar-refractivity contribution in [1.29, 1.82) is 0 Å². The molecule has 0 spiro atoms. The van der Waals surface area contributed by atoms with E-state index in [2.05, 4.69) is 15.3 Å². The Morgan fingerprint density at radius 1 is 1.24 bits per heavy atom. The zero-order valence-corrected chi connectivity index (χ0v) is 10.6. The molecule has 0 radical (unpaired) electrons. The van der Waals surface area contributed by atoms with Gasteiger partial charge in [-0.15, -0.1) is 0 Å². The van der Waals surface area contributed by atoms with Gasteiger partial charge in [-0.2, -0.15) is 0 Å². The minimum Gasteiger partial charge on any atom is -0.366 e. The van der Waals surface area contributed by atoms with Crippen molar-refractivity contribution in [1.82, 2.24) is 9.97 Å². The standard InChI is InChI=1S/C13H16ClN3/c1-6-12(14)15-5-16-13(6)17-11-9-7-2-3-8(4-7)10(9)11/h5,7-11H,2-4H2,1H3,(H,15,16,17). The Morgan fingerprint density at radius 3 is 2.65 bits per heavy atom. The Hall–Kier alpha value is -0.830. The molecule has 3 fully saturated rings. The van der Waals surface area contributed by atoms with Crippen LogP contribution in [0.2, 0.25) is 5.15 Å². The van der Waals surface area contributed by atoms with E-state index in [1.807, 2.05) is 6.92 Å². The molecule has 0 amide bonds. The Balaban J connectivity index is 1.55. The van der Waals surface area contributed by atoms with Crippen LogP contribution in [-0.2, 0) is 0 Å². The van der Waals surface area contributed by atoms with Gasteiger partial charge in [-0.25, -0.2) is 9.97 Å². The quantitative estimate of drug-likeness (QED) is 0.819. The first kappa shape index (κ1) is 10.1. The molecule has 0 saturated heterocycles. The lowest BCUT2D eigenvalue weighted by Gasteiger charge is -2.12. The summed E-state index contributed by atoms with van der Waals surface area (Å²) in [5.41, 5.74) is 0.978. The summed E-state index contributed by atoms with van der Waals surface area (Å²) in [5.74, 6) is 4.74. The molecule has 4 rings (SSSR count). The first-order chi connectivity index (χ1) is 8.25. The molecule has 4 unspecified atom stereocenters. The van der Waals surface area contributed by atoms with Crippen LogP contribution in [-0.4, -0.2) is 16.0 Å². The van der Waals surface area contributed by atoms with Crippen LogP contribution < -0.4 is 5.32 Å². The number of aromatic nitrogens is 2. The molecule has 0 aromatic carbocycles. The summed E-state index contributed by atoms with van der Waals surface area (Å²) in [5, 5.41) is 4.16. The summed E-state index contributed by atoms with van der Waals surface area (Å²) in [4.78, 5) is 8.31. The van der Waals surface area contributed by atoms with Gasteiger partial charge in [0.15, 0.2) is 0 Å². The molecule has 4 atom stereocenters. The highest BCUT2D eigenvalue weighted by Crippen LogP contribution is 2.66. The van der Waals surface area contributed by atoms with Crippen LogP contribution in [0.5, 0.6) is 0 Å². The van der Waals surface area contributed by atoms with E-state index < -0.39 is 0 Å². The molecule has 3 saturated carbocycles. The van der Waals surface area contributed by atoms with Gasteiger partial charge in [-0.3, -0.25) is 0 Å². The van der Waals surface area contributed by atoms with Crippen LogP contribution in [0.1, 0.15) is 24.8 Å². The lowest BCUT2D eigenvalue weighted by molar-refractivity contribution is 0.456. The fourth-order valence-electron chi connectivity index (χ4n) is 4.25. The van der Waals surface area contributed by atoms with Crippen LogP contribution in [0.3, 0.4) is 0 Å². The molecular weight excluding hydrogens is 234 g/mol. The zero-order chi connectivity index (χ0) is 11.6. The zero-order valence-electron chi connectivity index (χ0n) is 9.86. The lowest BCUT2D eigenvalue weighted by Crippen LogP contribution is -2.14. The summed E-state index contributed by atoms with van der Waals surface area (Å²) in [6, 6.07) is 0.658. The number of hydrogen-bond acceptors (Lipinski definition) is 3. The van der Waals surface area contributed by atoms with Crippen LogP contribution in [0, 0.1) is 30.6 Å². The fourth-order valence-corrected chi connectivity index (χ4v) is 4.38. The molecule has 90 valence electrons. The summed E-state index contributed by atoms with van der Waals surface area (Å²) < 4.78 is 0. The van der Waals surface area contributed by atoms with Crippen molar-refractivity contribution in [3.8, 4) is 0 Å². The average molecular weight is 250 g/mol. The number of hydrogen-bond donors (Lipinski definition) is 1. The van der Waals surface area contributed by atoms with Gasteiger partial charge in [0.25, 0.3) is 0 Å². The molecule has 3 nitrogen and oxygen atoms in total. The third-order valence-corrected chi connectivity index (χ3v) is 5.44. The largest absolute Gasteiger partial charge is 0.366 e. The molecule has 1 N–H and O–H groups in total. The molecule has 1 heterocycles. The molecule has 3 aliphatic carbocycles. The number of nitrogens with one attached hydrogen (secondary N) is 1. The molecule has 2 bridgehead atoms. The van der Waals surface area contributed by atoms with Crippen LogP contribution >= 0.6 is 11.6 Å². The van der Waals surface area contributed by atoms with E-state index in [4.69, 9.17) is 11.6 Å². The van der Waals surface area contributed by atoms with E-state index >= 15 is 0 Å². The van der Waals surface area contributed by atoms with Crippen LogP contribution in [0.15, 0.2) is 6.33 Å². The van der Waals surface area contributed by atoms with E-state index in [-0.39, 0.29) is 0 Å². The number of anilines is 1. The summed E-state index contributed by atoms with van der Waals surface area (Å²) in [6.07, 6.45) is 5.93. The Morgan fingerprint density at radius 2 is 1.94 bits per heavy atom. The van der Waals surface area contributed by atoms with Crippen molar-refractivity contribution >= 4 is 17.4 Å². The first-order valence-corrected chi connectivity index (χ1v) is 6.87. The molecule has 4 heteroatoms. The maximum atomic E-state index is 6.02. The molecule has 17 heavy (non-hydrogen) atoms. The maximum absolute atomic E-state index is 6.02. The predicted molar refractivity (Wildman–Crippen MR) is 67.0 cm³/mol. The minimum atomic E-state index is 0.566. The SMILES string of the molecule is Cc1c(Cl)ncnc1NC1C2C3CCC(C3)C12. The summed E-state index contributed by atoms with van der Waals surface area (Å²) in [7, 11) is 0. The van der Waals surface area contributed by atoms with Gasteiger partial charge >= 0.3 is 0 Å². The third kappa shape index (κ3) is 1.35. The van der Waals surface area contributed by atoms with Gasteiger partial charge in [-0.1, -0.05) is 11.6 Å². The number of nitrogens with zero attached hydrogens (tertiary/aromatic N) is 2. The molecule has 1 aromatic heterocycles. The summed E-state index contributed by atoms with van der Waals surface area (Å²) in [6.45, 7) is 1.98.